The number of hydrogen-bond donors (Lipinski definition) is 2. The average Bonchev–Trinajstić information content (AvgIpc) is 3.21. The number of hydrogen-bond acceptors (Lipinski definition) is 4. The number of urea groups is 1. The van der Waals surface area contributed by atoms with E-state index >= 15 is 0 Å². The van der Waals surface area contributed by atoms with Gasteiger partial charge in [-0.2, -0.15) is 0 Å². The third-order valence-electron chi connectivity index (χ3n) is 4.88. The molecule has 0 aliphatic rings. The maximum Gasteiger partial charge on any atom is 0.319 e. The number of nitrogens with zero attached hydrogens (tertiary/aromatic N) is 3. The lowest BCUT2D eigenvalue weighted by atomic mass is 10.2. The van der Waals surface area contributed by atoms with Crippen LogP contribution in [0.2, 0.25) is 10.0 Å². The molecule has 0 radical (unpaired) electrons. The van der Waals surface area contributed by atoms with E-state index in [0.717, 1.165) is 16.8 Å². The molecule has 0 saturated carbocycles. The summed E-state index contributed by atoms with van der Waals surface area (Å²) in [6.07, 6.45) is 0. The molecule has 0 fully saturated rings. The summed E-state index contributed by atoms with van der Waals surface area (Å²) in [5, 5.41) is 15.9. The highest BCUT2D eigenvalue weighted by atomic mass is 35.5. The highest BCUT2D eigenvalue weighted by Crippen LogP contribution is 2.28. The molecule has 3 aromatic carbocycles. The van der Waals surface area contributed by atoms with Crippen LogP contribution in [0.25, 0.3) is 5.69 Å². The van der Waals surface area contributed by atoms with Crippen LogP contribution in [0.15, 0.2) is 71.9 Å². The van der Waals surface area contributed by atoms with Crippen LogP contribution in [0.3, 0.4) is 0 Å². The van der Waals surface area contributed by atoms with E-state index in [0.29, 0.717) is 32.5 Å². The molecule has 174 valence electrons. The first-order valence-electron chi connectivity index (χ1n) is 10.3. The van der Waals surface area contributed by atoms with Crippen molar-refractivity contribution in [2.45, 2.75) is 24.4 Å². The number of aromatic nitrogens is 3. The van der Waals surface area contributed by atoms with Crippen LogP contribution in [0, 0.1) is 12.7 Å². The number of carbonyl (C=O) groups excluding carboxylic acids is 1. The van der Waals surface area contributed by atoms with Gasteiger partial charge in [0.15, 0.2) is 11.0 Å². The maximum absolute atomic E-state index is 13.2. The van der Waals surface area contributed by atoms with Crippen molar-refractivity contribution in [3.8, 4) is 5.69 Å². The molecule has 0 aliphatic heterocycles. The first kappa shape index (κ1) is 24.1. The van der Waals surface area contributed by atoms with Crippen LogP contribution >= 0.6 is 35.0 Å². The molecule has 6 nitrogen and oxygen atoms in total. The second-order valence-corrected chi connectivity index (χ2v) is 9.21. The number of benzene rings is 3. The Morgan fingerprint density at radius 2 is 1.79 bits per heavy atom. The number of amides is 2. The smallest absolute Gasteiger partial charge is 0.319 e. The standard InChI is InChI=1S/C24H20Cl2FN5OS/c1-15-5-8-18(26)12-21(15)32-22(13-28-23(33)29-20-4-2-3-17(25)11-20)30-31-24(32)34-14-16-6-9-19(27)10-7-16/h2-12H,13-14H2,1H3,(H2,28,29,33). The summed E-state index contributed by atoms with van der Waals surface area (Å²) in [4.78, 5) is 12.4. The fourth-order valence-electron chi connectivity index (χ4n) is 3.20. The normalized spacial score (nSPS) is 10.8. The van der Waals surface area contributed by atoms with Gasteiger partial charge in [-0.15, -0.1) is 10.2 Å². The zero-order valence-electron chi connectivity index (χ0n) is 18.1. The summed E-state index contributed by atoms with van der Waals surface area (Å²) >= 11 is 13.7. The highest BCUT2D eigenvalue weighted by Gasteiger charge is 2.17. The van der Waals surface area contributed by atoms with Crippen molar-refractivity contribution < 1.29 is 9.18 Å². The molecule has 0 bridgehead atoms. The van der Waals surface area contributed by atoms with Crippen LogP contribution in [0.5, 0.6) is 0 Å². The summed E-state index contributed by atoms with van der Waals surface area (Å²) in [6.45, 7) is 2.09. The quantitative estimate of drug-likeness (QED) is 0.270. The first-order valence-corrected chi connectivity index (χ1v) is 12.0. The lowest BCUT2D eigenvalue weighted by Crippen LogP contribution is -2.29. The van der Waals surface area contributed by atoms with Gasteiger partial charge in [-0.3, -0.25) is 4.57 Å². The topological polar surface area (TPSA) is 71.8 Å². The third-order valence-corrected chi connectivity index (χ3v) is 6.35. The maximum atomic E-state index is 13.2. The second kappa shape index (κ2) is 10.9. The van der Waals surface area contributed by atoms with Crippen LogP contribution in [-0.4, -0.2) is 20.8 Å². The summed E-state index contributed by atoms with van der Waals surface area (Å²) < 4.78 is 15.1. The molecular formula is C24H20Cl2FN5OS. The minimum absolute atomic E-state index is 0.127. The third kappa shape index (κ3) is 6.08. The van der Waals surface area contributed by atoms with E-state index in [9.17, 15) is 9.18 Å². The van der Waals surface area contributed by atoms with E-state index in [4.69, 9.17) is 23.2 Å². The molecular weight excluding hydrogens is 496 g/mol. The Bertz CT molecular complexity index is 1310. The molecule has 2 N–H and O–H groups in total. The average molecular weight is 516 g/mol. The van der Waals surface area contributed by atoms with Gasteiger partial charge in [-0.1, -0.05) is 59.2 Å². The van der Waals surface area contributed by atoms with Crippen molar-refractivity contribution in [3.05, 3.63) is 99.5 Å². The number of carbonyl (C=O) groups is 1. The van der Waals surface area contributed by atoms with Crippen LogP contribution < -0.4 is 10.6 Å². The monoisotopic (exact) mass is 515 g/mol. The van der Waals surface area contributed by atoms with Crippen molar-refractivity contribution in [2.24, 2.45) is 0 Å². The number of rotatable bonds is 7. The van der Waals surface area contributed by atoms with Gasteiger partial charge >= 0.3 is 6.03 Å². The molecule has 0 aliphatic carbocycles. The number of aryl methyl sites for hydroxylation is 1. The molecule has 1 heterocycles. The van der Waals surface area contributed by atoms with Gasteiger partial charge in [0, 0.05) is 21.5 Å². The van der Waals surface area contributed by atoms with Gasteiger partial charge in [-0.25, -0.2) is 9.18 Å². The van der Waals surface area contributed by atoms with E-state index in [1.54, 1.807) is 36.4 Å². The SMILES string of the molecule is Cc1ccc(Cl)cc1-n1c(CNC(=O)Nc2cccc(Cl)c2)nnc1SCc1ccc(F)cc1. The molecule has 0 unspecified atom stereocenters. The molecule has 0 atom stereocenters. The number of halogens is 3. The highest BCUT2D eigenvalue weighted by molar-refractivity contribution is 7.98. The van der Waals surface area contributed by atoms with Crippen molar-refractivity contribution in [3.63, 3.8) is 0 Å². The van der Waals surface area contributed by atoms with Gasteiger partial charge in [0.25, 0.3) is 0 Å². The number of nitrogens with one attached hydrogen (secondary N) is 2. The zero-order chi connectivity index (χ0) is 24.1. The van der Waals surface area contributed by atoms with Gasteiger partial charge in [0.05, 0.1) is 12.2 Å². The van der Waals surface area contributed by atoms with Crippen molar-refractivity contribution in [1.29, 1.82) is 0 Å². The Balaban J connectivity index is 1.55. The molecule has 1 aromatic heterocycles. The minimum atomic E-state index is -0.403. The fraction of sp³-hybridized carbons (Fsp3) is 0.125. The lowest BCUT2D eigenvalue weighted by molar-refractivity contribution is 0.251. The van der Waals surface area contributed by atoms with Crippen molar-refractivity contribution in [1.82, 2.24) is 20.1 Å². The minimum Gasteiger partial charge on any atom is -0.331 e. The molecule has 0 spiro atoms. The van der Waals surface area contributed by atoms with Crippen molar-refractivity contribution in [2.75, 3.05) is 5.32 Å². The largest absolute Gasteiger partial charge is 0.331 e. The molecule has 10 heteroatoms. The predicted octanol–water partition coefficient (Wildman–Crippen LogP) is 6.64. The Hall–Kier alpha value is -3.07. The van der Waals surface area contributed by atoms with Gasteiger partial charge in [0.1, 0.15) is 5.82 Å². The Morgan fingerprint density at radius 1 is 1.03 bits per heavy atom. The van der Waals surface area contributed by atoms with E-state index in [1.165, 1.54) is 23.9 Å². The van der Waals surface area contributed by atoms with Gasteiger partial charge in [-0.05, 0) is 60.5 Å². The van der Waals surface area contributed by atoms with Gasteiger partial charge in [0.2, 0.25) is 0 Å². The number of thioether (sulfide) groups is 1. The fourth-order valence-corrected chi connectivity index (χ4v) is 4.48. The number of anilines is 1. The zero-order valence-corrected chi connectivity index (χ0v) is 20.4. The predicted molar refractivity (Wildman–Crippen MR) is 134 cm³/mol. The van der Waals surface area contributed by atoms with Crippen LogP contribution in [0.4, 0.5) is 14.9 Å². The van der Waals surface area contributed by atoms with Crippen molar-refractivity contribution >= 4 is 46.7 Å². The van der Waals surface area contributed by atoms with E-state index in [-0.39, 0.29) is 12.4 Å². The van der Waals surface area contributed by atoms with E-state index in [2.05, 4.69) is 20.8 Å². The van der Waals surface area contributed by atoms with Crippen LogP contribution in [0.1, 0.15) is 17.0 Å². The Labute approximate surface area is 210 Å². The first-order chi connectivity index (χ1) is 16.4. The summed E-state index contributed by atoms with van der Waals surface area (Å²) in [7, 11) is 0. The van der Waals surface area contributed by atoms with E-state index in [1.807, 2.05) is 29.7 Å². The summed E-state index contributed by atoms with van der Waals surface area (Å²) in [6, 6.07) is 18.3. The molecule has 4 rings (SSSR count). The lowest BCUT2D eigenvalue weighted by Gasteiger charge is -2.14. The van der Waals surface area contributed by atoms with Gasteiger partial charge < -0.3 is 10.6 Å². The van der Waals surface area contributed by atoms with E-state index < -0.39 is 6.03 Å². The molecule has 4 aromatic rings. The second-order valence-electron chi connectivity index (χ2n) is 7.40. The molecule has 34 heavy (non-hydrogen) atoms. The molecule has 0 saturated heterocycles. The Morgan fingerprint density at radius 3 is 2.56 bits per heavy atom. The van der Waals surface area contributed by atoms with Crippen LogP contribution in [-0.2, 0) is 12.3 Å². The summed E-state index contributed by atoms with van der Waals surface area (Å²) in [5.41, 5.74) is 3.31. The molecule has 2 amide bonds. The summed E-state index contributed by atoms with van der Waals surface area (Å²) in [5.74, 6) is 0.824. The Kier molecular flexibility index (Phi) is 7.72.